The molecular weight excluding hydrogens is 436 g/mol. The quantitative estimate of drug-likeness (QED) is 0.189. The van der Waals surface area contributed by atoms with E-state index in [1.165, 1.54) is 24.3 Å². The Kier molecular flexibility index (Phi) is 10.8. The van der Waals surface area contributed by atoms with Gasteiger partial charge < -0.3 is 37.0 Å². The predicted octanol–water partition coefficient (Wildman–Crippen LogP) is -1.05. The molecule has 12 nitrogen and oxygen atoms in total. The molecule has 0 heterocycles. The highest BCUT2D eigenvalue weighted by Crippen LogP contribution is 2.11. The van der Waals surface area contributed by atoms with Gasteiger partial charge in [0.15, 0.2) is 0 Å². The number of aromatic hydroxyl groups is 1. The molecule has 12 heteroatoms. The maximum atomic E-state index is 12.4. The number of phenols is 1. The van der Waals surface area contributed by atoms with Crippen molar-refractivity contribution in [3.05, 3.63) is 29.8 Å². The van der Waals surface area contributed by atoms with E-state index >= 15 is 0 Å². The van der Waals surface area contributed by atoms with Crippen LogP contribution in [0, 0.1) is 5.92 Å². The number of benzene rings is 1. The molecule has 8 N–H and O–H groups in total. The van der Waals surface area contributed by atoms with Crippen LogP contribution in [0.5, 0.6) is 5.75 Å². The Labute approximate surface area is 190 Å². The summed E-state index contributed by atoms with van der Waals surface area (Å²) >= 11 is 0. The maximum Gasteiger partial charge on any atom is 0.326 e. The topological polar surface area (TPSA) is 208 Å². The molecule has 0 saturated carbocycles. The Morgan fingerprint density at radius 1 is 0.939 bits per heavy atom. The van der Waals surface area contributed by atoms with E-state index in [1.54, 1.807) is 0 Å². The monoisotopic (exact) mass is 466 g/mol. The van der Waals surface area contributed by atoms with Crippen molar-refractivity contribution < 1.29 is 39.3 Å². The molecule has 0 aromatic heterocycles. The molecule has 3 atom stereocenters. The third-order valence-corrected chi connectivity index (χ3v) is 4.51. The number of hydrogen-bond donors (Lipinski definition) is 7. The fourth-order valence-electron chi connectivity index (χ4n) is 2.88. The molecule has 0 fully saturated rings. The van der Waals surface area contributed by atoms with Crippen molar-refractivity contribution in [1.29, 1.82) is 0 Å². The van der Waals surface area contributed by atoms with Gasteiger partial charge in [0.25, 0.3) is 0 Å². The third-order valence-electron chi connectivity index (χ3n) is 4.51. The highest BCUT2D eigenvalue weighted by molar-refractivity contribution is 5.94. The molecule has 1 aromatic rings. The van der Waals surface area contributed by atoms with Crippen LogP contribution in [0.1, 0.15) is 32.3 Å². The van der Waals surface area contributed by atoms with Crippen LogP contribution in [0.25, 0.3) is 0 Å². The lowest BCUT2D eigenvalue weighted by atomic mass is 10.0. The third kappa shape index (κ3) is 10.5. The minimum atomic E-state index is -1.46. The molecule has 0 bridgehead atoms. The summed E-state index contributed by atoms with van der Waals surface area (Å²) in [6, 6.07) is 2.05. The predicted molar refractivity (Wildman–Crippen MR) is 116 cm³/mol. The summed E-state index contributed by atoms with van der Waals surface area (Å²) in [5, 5.41) is 34.4. The smallest absolute Gasteiger partial charge is 0.326 e. The Hall–Kier alpha value is -3.67. The average Bonchev–Trinajstić information content (AvgIpc) is 2.71. The van der Waals surface area contributed by atoms with E-state index in [0.717, 1.165) is 0 Å². The second-order valence-electron chi connectivity index (χ2n) is 7.94. The van der Waals surface area contributed by atoms with Crippen LogP contribution in [-0.4, -0.2) is 69.7 Å². The molecule has 0 aliphatic heterocycles. The van der Waals surface area contributed by atoms with E-state index < -0.39 is 60.8 Å². The summed E-state index contributed by atoms with van der Waals surface area (Å²) in [6.45, 7) is 3.06. The zero-order chi connectivity index (χ0) is 25.1. The molecular formula is C21H30N4O8. The first kappa shape index (κ1) is 27.4. The SMILES string of the molecule is CC(C)CC(N)C(=O)NC(CC(=O)O)C(=O)NCC(=O)NC(Cc1ccc(O)cc1)C(=O)O. The van der Waals surface area contributed by atoms with Crippen LogP contribution in [0.2, 0.25) is 0 Å². The number of carboxylic acids is 2. The number of phenolic OH excluding ortho intramolecular Hbond substituents is 1. The lowest BCUT2D eigenvalue weighted by Crippen LogP contribution is -2.54. The lowest BCUT2D eigenvalue weighted by Gasteiger charge is -2.20. The average molecular weight is 466 g/mol. The number of nitrogens with one attached hydrogen (secondary N) is 3. The minimum absolute atomic E-state index is 0.00513. The Bertz CT molecular complexity index is 856. The molecule has 1 aromatic carbocycles. The van der Waals surface area contributed by atoms with E-state index in [1.807, 2.05) is 13.8 Å². The minimum Gasteiger partial charge on any atom is -0.508 e. The number of nitrogens with two attached hydrogens (primary N) is 1. The van der Waals surface area contributed by atoms with Crippen molar-refractivity contribution in [3.63, 3.8) is 0 Å². The molecule has 0 saturated heterocycles. The van der Waals surface area contributed by atoms with Gasteiger partial charge in [0.2, 0.25) is 17.7 Å². The second kappa shape index (κ2) is 13.0. The van der Waals surface area contributed by atoms with Gasteiger partial charge in [-0.1, -0.05) is 26.0 Å². The normalized spacial score (nSPS) is 13.5. The number of carboxylic acid groups (broad SMARTS) is 2. The van der Waals surface area contributed by atoms with E-state index in [0.29, 0.717) is 12.0 Å². The van der Waals surface area contributed by atoms with Gasteiger partial charge in [-0.2, -0.15) is 0 Å². The summed E-state index contributed by atoms with van der Waals surface area (Å²) in [6.07, 6.45) is -0.472. The summed E-state index contributed by atoms with van der Waals surface area (Å²) in [4.78, 5) is 59.2. The van der Waals surface area contributed by atoms with Gasteiger partial charge in [-0.15, -0.1) is 0 Å². The first-order valence-electron chi connectivity index (χ1n) is 10.2. The molecule has 33 heavy (non-hydrogen) atoms. The number of carbonyl (C=O) groups excluding carboxylic acids is 3. The Morgan fingerprint density at radius 2 is 1.55 bits per heavy atom. The first-order valence-corrected chi connectivity index (χ1v) is 10.2. The van der Waals surface area contributed by atoms with Crippen molar-refractivity contribution in [2.75, 3.05) is 6.54 Å². The van der Waals surface area contributed by atoms with Crippen LogP contribution in [-0.2, 0) is 30.4 Å². The zero-order valence-corrected chi connectivity index (χ0v) is 18.4. The number of amides is 3. The summed E-state index contributed by atoms with van der Waals surface area (Å²) in [5.74, 6) is -5.01. The van der Waals surface area contributed by atoms with Crippen LogP contribution < -0.4 is 21.7 Å². The number of aliphatic carboxylic acids is 2. The zero-order valence-electron chi connectivity index (χ0n) is 18.4. The summed E-state index contributed by atoms with van der Waals surface area (Å²) in [5.41, 5.74) is 6.30. The van der Waals surface area contributed by atoms with Crippen molar-refractivity contribution >= 4 is 29.7 Å². The van der Waals surface area contributed by atoms with Crippen LogP contribution in [0.3, 0.4) is 0 Å². The van der Waals surface area contributed by atoms with E-state index in [2.05, 4.69) is 16.0 Å². The van der Waals surface area contributed by atoms with Gasteiger partial charge in [0.05, 0.1) is 19.0 Å². The van der Waals surface area contributed by atoms with Crippen molar-refractivity contribution in [2.24, 2.45) is 11.7 Å². The van der Waals surface area contributed by atoms with E-state index in [4.69, 9.17) is 10.8 Å². The Balaban J connectivity index is 2.68. The van der Waals surface area contributed by atoms with Gasteiger partial charge in [-0.05, 0) is 30.0 Å². The van der Waals surface area contributed by atoms with Gasteiger partial charge in [0.1, 0.15) is 17.8 Å². The van der Waals surface area contributed by atoms with Gasteiger partial charge in [0, 0.05) is 6.42 Å². The van der Waals surface area contributed by atoms with Crippen molar-refractivity contribution in [2.45, 2.75) is 51.2 Å². The number of hydrogen-bond acceptors (Lipinski definition) is 7. The standard InChI is InChI=1S/C21H30N4O8/c1-11(2)7-14(22)19(30)25-15(9-18(28)29)20(31)23-10-17(27)24-16(21(32)33)8-12-3-5-13(26)6-4-12/h3-6,11,14-16,26H,7-10,22H2,1-2H3,(H,23,31)(H,24,27)(H,25,30)(H,28,29)(H,32,33). The molecule has 3 amide bonds. The fraction of sp³-hybridized carbons (Fsp3) is 0.476. The van der Waals surface area contributed by atoms with Crippen LogP contribution in [0.4, 0.5) is 0 Å². The van der Waals surface area contributed by atoms with Crippen molar-refractivity contribution in [3.8, 4) is 5.75 Å². The van der Waals surface area contributed by atoms with Crippen molar-refractivity contribution in [1.82, 2.24) is 16.0 Å². The Morgan fingerprint density at radius 3 is 2.06 bits per heavy atom. The molecule has 0 aliphatic rings. The number of rotatable bonds is 13. The molecule has 0 spiro atoms. The highest BCUT2D eigenvalue weighted by Gasteiger charge is 2.27. The molecule has 0 radical (unpaired) electrons. The molecule has 3 unspecified atom stereocenters. The van der Waals surface area contributed by atoms with Gasteiger partial charge in [-0.25, -0.2) is 4.79 Å². The van der Waals surface area contributed by atoms with Crippen LogP contribution >= 0.6 is 0 Å². The molecule has 1 rings (SSSR count). The maximum absolute atomic E-state index is 12.4. The highest BCUT2D eigenvalue weighted by atomic mass is 16.4. The van der Waals surface area contributed by atoms with E-state index in [9.17, 15) is 34.2 Å². The lowest BCUT2D eigenvalue weighted by molar-refractivity contribution is -0.142. The summed E-state index contributed by atoms with van der Waals surface area (Å²) in [7, 11) is 0. The summed E-state index contributed by atoms with van der Waals surface area (Å²) < 4.78 is 0. The van der Waals surface area contributed by atoms with Gasteiger partial charge >= 0.3 is 11.9 Å². The van der Waals surface area contributed by atoms with E-state index in [-0.39, 0.29) is 18.1 Å². The first-order chi connectivity index (χ1) is 15.4. The molecule has 0 aliphatic carbocycles. The number of carbonyl (C=O) groups is 5. The second-order valence-corrected chi connectivity index (χ2v) is 7.94. The van der Waals surface area contributed by atoms with Crippen LogP contribution in [0.15, 0.2) is 24.3 Å². The fourth-order valence-corrected chi connectivity index (χ4v) is 2.88. The molecule has 182 valence electrons. The largest absolute Gasteiger partial charge is 0.508 e. The van der Waals surface area contributed by atoms with Gasteiger partial charge in [-0.3, -0.25) is 19.2 Å².